The zero-order valence-electron chi connectivity index (χ0n) is 16.9. The minimum Gasteiger partial charge on any atom is -0.465 e. The molecular formula is C22H29NO4S. The fourth-order valence-electron chi connectivity index (χ4n) is 2.81. The van der Waals surface area contributed by atoms with Crippen LogP contribution in [0.1, 0.15) is 45.2 Å². The zero-order chi connectivity index (χ0) is 20.8. The van der Waals surface area contributed by atoms with Crippen molar-refractivity contribution >= 4 is 16.0 Å². The van der Waals surface area contributed by atoms with Crippen LogP contribution in [0, 0.1) is 0 Å². The van der Waals surface area contributed by atoms with Gasteiger partial charge in [-0.15, -0.1) is 0 Å². The number of sulfonamides is 1. The molecular weight excluding hydrogens is 374 g/mol. The summed E-state index contributed by atoms with van der Waals surface area (Å²) < 4.78 is 33.3. The van der Waals surface area contributed by atoms with Crippen LogP contribution in [0.4, 0.5) is 0 Å². The van der Waals surface area contributed by atoms with Crippen molar-refractivity contribution in [2.45, 2.75) is 56.9 Å². The van der Waals surface area contributed by atoms with Crippen molar-refractivity contribution in [1.29, 1.82) is 0 Å². The summed E-state index contributed by atoms with van der Waals surface area (Å²) in [6.07, 6.45) is 1.17. The lowest BCUT2D eigenvalue weighted by molar-refractivity contribution is -0.145. The highest BCUT2D eigenvalue weighted by Crippen LogP contribution is 2.27. The van der Waals surface area contributed by atoms with Crippen LogP contribution in [0.2, 0.25) is 0 Å². The first-order valence-corrected chi connectivity index (χ1v) is 11.0. The second-order valence-electron chi connectivity index (χ2n) is 7.38. The fraction of sp³-hybridized carbons (Fsp3) is 0.409. The summed E-state index contributed by atoms with van der Waals surface area (Å²) in [5.41, 5.74) is 1.89. The van der Waals surface area contributed by atoms with E-state index in [1.54, 1.807) is 19.1 Å². The summed E-state index contributed by atoms with van der Waals surface area (Å²) in [4.78, 5) is 12.5. The van der Waals surface area contributed by atoms with Crippen LogP contribution < -0.4 is 4.72 Å². The number of hydrogen-bond acceptors (Lipinski definition) is 4. The monoisotopic (exact) mass is 403 g/mol. The first-order chi connectivity index (χ1) is 13.2. The Morgan fingerprint density at radius 1 is 1.04 bits per heavy atom. The van der Waals surface area contributed by atoms with E-state index in [9.17, 15) is 13.2 Å². The maximum Gasteiger partial charge on any atom is 0.324 e. The quantitative estimate of drug-likeness (QED) is 0.646. The maximum absolute atomic E-state index is 12.9. The van der Waals surface area contributed by atoms with Crippen molar-refractivity contribution < 1.29 is 17.9 Å². The summed E-state index contributed by atoms with van der Waals surface area (Å²) in [6, 6.07) is 15.1. The molecule has 0 unspecified atom stereocenters. The van der Waals surface area contributed by atoms with Crippen molar-refractivity contribution in [2.75, 3.05) is 6.61 Å². The van der Waals surface area contributed by atoms with Crippen molar-refractivity contribution in [3.05, 3.63) is 65.7 Å². The molecule has 28 heavy (non-hydrogen) atoms. The van der Waals surface area contributed by atoms with Crippen LogP contribution >= 0.6 is 0 Å². The summed E-state index contributed by atoms with van der Waals surface area (Å²) in [6.45, 7) is 8.21. The van der Waals surface area contributed by atoms with Crippen LogP contribution in [0.15, 0.2) is 59.5 Å². The van der Waals surface area contributed by atoms with Crippen molar-refractivity contribution in [3.63, 3.8) is 0 Å². The van der Waals surface area contributed by atoms with Gasteiger partial charge in [0.05, 0.1) is 11.5 Å². The lowest BCUT2D eigenvalue weighted by Crippen LogP contribution is -2.43. The lowest BCUT2D eigenvalue weighted by Gasteiger charge is -2.23. The molecule has 2 rings (SSSR count). The molecule has 1 N–H and O–H groups in total. The Hall–Kier alpha value is -2.18. The molecule has 0 spiro atoms. The number of hydrogen-bond donors (Lipinski definition) is 1. The molecule has 0 bridgehead atoms. The first kappa shape index (κ1) is 22.1. The normalized spacial score (nSPS) is 13.1. The van der Waals surface area contributed by atoms with Gasteiger partial charge in [-0.1, -0.05) is 63.2 Å². The van der Waals surface area contributed by atoms with E-state index < -0.39 is 22.0 Å². The maximum atomic E-state index is 12.9. The number of carbonyl (C=O) groups is 1. The van der Waals surface area contributed by atoms with Gasteiger partial charge in [0.2, 0.25) is 10.0 Å². The van der Waals surface area contributed by atoms with E-state index >= 15 is 0 Å². The molecule has 0 heterocycles. The van der Waals surface area contributed by atoms with Gasteiger partial charge in [0.15, 0.2) is 0 Å². The molecule has 2 aromatic rings. The molecule has 0 aliphatic carbocycles. The van der Waals surface area contributed by atoms with Crippen LogP contribution in [-0.4, -0.2) is 27.0 Å². The van der Waals surface area contributed by atoms with Crippen molar-refractivity contribution in [3.8, 4) is 0 Å². The van der Waals surface area contributed by atoms with Gasteiger partial charge in [0.1, 0.15) is 6.04 Å². The highest BCUT2D eigenvalue weighted by molar-refractivity contribution is 7.89. The van der Waals surface area contributed by atoms with E-state index in [0.29, 0.717) is 0 Å². The molecule has 0 saturated heterocycles. The number of esters is 1. The van der Waals surface area contributed by atoms with Gasteiger partial charge in [-0.05, 0) is 48.4 Å². The molecule has 5 nitrogen and oxygen atoms in total. The Balaban J connectivity index is 2.25. The summed E-state index contributed by atoms with van der Waals surface area (Å²) in [7, 11) is -3.86. The lowest BCUT2D eigenvalue weighted by atomic mass is 9.82. The number of carbonyl (C=O) groups excluding carboxylic acids is 1. The van der Waals surface area contributed by atoms with Crippen molar-refractivity contribution in [2.24, 2.45) is 0 Å². The highest BCUT2D eigenvalue weighted by Gasteiger charge is 2.27. The van der Waals surface area contributed by atoms with Crippen LogP contribution in [0.3, 0.4) is 0 Å². The zero-order valence-corrected chi connectivity index (χ0v) is 17.8. The van der Waals surface area contributed by atoms with Gasteiger partial charge < -0.3 is 4.74 Å². The minimum atomic E-state index is -3.86. The van der Waals surface area contributed by atoms with E-state index in [-0.39, 0.29) is 23.3 Å². The standard InChI is InChI=1S/C22H29NO4S/c1-5-22(3,4)18-12-14-19(15-13-18)28(25,26)23-20(21(24)27-6-2)16-17-10-8-7-9-11-17/h7-15,20,23H,5-6,16H2,1-4H3/t20-/m0/s1. The molecule has 0 aliphatic rings. The number of ether oxygens (including phenoxy) is 1. The molecule has 0 saturated carbocycles. The molecule has 152 valence electrons. The summed E-state index contributed by atoms with van der Waals surface area (Å²) >= 11 is 0. The third-order valence-corrected chi connectivity index (χ3v) is 6.47. The largest absolute Gasteiger partial charge is 0.465 e. The molecule has 2 aromatic carbocycles. The molecule has 6 heteroatoms. The van der Waals surface area contributed by atoms with Crippen LogP contribution in [-0.2, 0) is 31.4 Å². The van der Waals surface area contributed by atoms with Gasteiger partial charge in [0.25, 0.3) is 0 Å². The Labute approximate surface area is 168 Å². The second kappa shape index (κ2) is 9.34. The number of benzene rings is 2. The van der Waals surface area contributed by atoms with E-state index in [1.165, 1.54) is 0 Å². The van der Waals surface area contributed by atoms with Gasteiger partial charge in [-0.25, -0.2) is 8.42 Å². The molecule has 0 fully saturated rings. The molecule has 0 aliphatic heterocycles. The minimum absolute atomic E-state index is 0.0313. The third kappa shape index (κ3) is 5.66. The SMILES string of the molecule is CCOC(=O)[C@H](Cc1ccccc1)NS(=O)(=O)c1ccc(C(C)(C)CC)cc1. The highest BCUT2D eigenvalue weighted by atomic mass is 32.2. The van der Waals surface area contributed by atoms with Crippen LogP contribution in [0.5, 0.6) is 0 Å². The molecule has 0 aromatic heterocycles. The molecule has 0 amide bonds. The average molecular weight is 404 g/mol. The fourth-order valence-corrected chi connectivity index (χ4v) is 4.00. The van der Waals surface area contributed by atoms with Gasteiger partial charge in [-0.2, -0.15) is 4.72 Å². The predicted octanol–water partition coefficient (Wildman–Crippen LogP) is 3.83. The topological polar surface area (TPSA) is 72.5 Å². The molecule has 0 radical (unpaired) electrons. The Morgan fingerprint density at radius 3 is 2.18 bits per heavy atom. The Bertz CT molecular complexity index is 875. The number of nitrogens with one attached hydrogen (secondary N) is 1. The van der Waals surface area contributed by atoms with E-state index in [4.69, 9.17) is 4.74 Å². The smallest absolute Gasteiger partial charge is 0.324 e. The third-order valence-electron chi connectivity index (χ3n) is 4.98. The van der Waals surface area contributed by atoms with Gasteiger partial charge in [-0.3, -0.25) is 4.79 Å². The van der Waals surface area contributed by atoms with Gasteiger partial charge >= 0.3 is 5.97 Å². The predicted molar refractivity (Wildman–Crippen MR) is 111 cm³/mol. The van der Waals surface area contributed by atoms with E-state index in [1.807, 2.05) is 42.5 Å². The first-order valence-electron chi connectivity index (χ1n) is 9.53. The average Bonchev–Trinajstić information content (AvgIpc) is 2.68. The summed E-state index contributed by atoms with van der Waals surface area (Å²) in [5.74, 6) is -0.585. The Kier molecular flexibility index (Phi) is 7.38. The second-order valence-corrected chi connectivity index (χ2v) is 9.09. The summed E-state index contributed by atoms with van der Waals surface area (Å²) in [5, 5.41) is 0. The number of rotatable bonds is 9. The molecule has 1 atom stereocenters. The van der Waals surface area contributed by atoms with Crippen molar-refractivity contribution in [1.82, 2.24) is 4.72 Å². The van der Waals surface area contributed by atoms with Gasteiger partial charge in [0, 0.05) is 0 Å². The van der Waals surface area contributed by atoms with E-state index in [0.717, 1.165) is 17.5 Å². The van der Waals surface area contributed by atoms with E-state index in [2.05, 4.69) is 25.5 Å². The van der Waals surface area contributed by atoms with Crippen LogP contribution in [0.25, 0.3) is 0 Å². The Morgan fingerprint density at radius 2 is 1.64 bits per heavy atom.